The number of aryl methyl sites for hydroxylation is 1. The van der Waals surface area contributed by atoms with E-state index >= 15 is 0 Å². The average Bonchev–Trinajstić information content (AvgIpc) is 2.79. The van der Waals surface area contributed by atoms with E-state index in [1.54, 1.807) is 13.8 Å². The van der Waals surface area contributed by atoms with Crippen molar-refractivity contribution in [2.45, 2.75) is 31.2 Å². The Morgan fingerprint density at radius 1 is 1.39 bits per heavy atom. The molecule has 0 spiro atoms. The maximum absolute atomic E-state index is 12.9. The van der Waals surface area contributed by atoms with Gasteiger partial charge in [-0.1, -0.05) is 13.0 Å². The smallest absolute Gasteiger partial charge is 0.335 e. The van der Waals surface area contributed by atoms with Gasteiger partial charge in [0.15, 0.2) is 9.84 Å². The molecule has 1 aliphatic heterocycles. The summed E-state index contributed by atoms with van der Waals surface area (Å²) in [5, 5.41) is 9.05. The van der Waals surface area contributed by atoms with Crippen molar-refractivity contribution >= 4 is 25.8 Å². The third-order valence-electron chi connectivity index (χ3n) is 3.95. The fourth-order valence-electron chi connectivity index (χ4n) is 2.76. The van der Waals surface area contributed by atoms with Crippen molar-refractivity contribution in [3.8, 4) is 0 Å². The van der Waals surface area contributed by atoms with Crippen LogP contribution in [0.25, 0.3) is 0 Å². The monoisotopic (exact) mass is 361 g/mol. The van der Waals surface area contributed by atoms with Gasteiger partial charge in [0.05, 0.1) is 22.0 Å². The largest absolute Gasteiger partial charge is 0.478 e. The predicted octanol–water partition coefficient (Wildman–Crippen LogP) is 0.891. The molecule has 128 valence electrons. The molecular formula is C14H19NO6S2. The van der Waals surface area contributed by atoms with Crippen LogP contribution >= 0.6 is 0 Å². The van der Waals surface area contributed by atoms with Crippen LogP contribution in [0, 0.1) is 6.92 Å². The zero-order valence-corrected chi connectivity index (χ0v) is 14.5. The molecule has 1 aromatic carbocycles. The van der Waals surface area contributed by atoms with Crippen LogP contribution in [0.1, 0.15) is 29.3 Å². The van der Waals surface area contributed by atoms with Gasteiger partial charge in [0, 0.05) is 12.6 Å². The summed E-state index contributed by atoms with van der Waals surface area (Å²) < 4.78 is 50.2. The van der Waals surface area contributed by atoms with Crippen molar-refractivity contribution in [3.63, 3.8) is 0 Å². The molecule has 1 aromatic rings. The highest BCUT2D eigenvalue weighted by Gasteiger charge is 2.38. The molecule has 2 rings (SSSR count). The second kappa shape index (κ2) is 6.21. The van der Waals surface area contributed by atoms with E-state index in [9.17, 15) is 21.6 Å². The topological polar surface area (TPSA) is 109 Å². The summed E-state index contributed by atoms with van der Waals surface area (Å²) in [6.07, 6.45) is 0.257. The first-order valence-electron chi connectivity index (χ1n) is 7.14. The van der Waals surface area contributed by atoms with Gasteiger partial charge in [-0.2, -0.15) is 4.31 Å². The second-order valence-corrected chi connectivity index (χ2v) is 9.64. The molecule has 0 saturated carbocycles. The standard InChI is InChI=1S/C14H19NO6S2/c1-3-15(12-6-7-22(18,19)9-12)23(20,21)13-8-11(14(16)17)5-4-10(13)2/h4-5,8,12H,3,6-7,9H2,1-2H3,(H,16,17)/t12-/m1/s1. The Morgan fingerprint density at radius 2 is 2.04 bits per heavy atom. The van der Waals surface area contributed by atoms with E-state index < -0.39 is 31.9 Å². The summed E-state index contributed by atoms with van der Waals surface area (Å²) in [7, 11) is -7.19. The van der Waals surface area contributed by atoms with E-state index in [1.165, 1.54) is 12.1 Å². The molecule has 0 unspecified atom stereocenters. The Hall–Kier alpha value is -1.45. The molecule has 1 atom stereocenters. The SMILES string of the molecule is CCN([C@@H]1CCS(=O)(=O)C1)S(=O)(=O)c1cc(C(=O)O)ccc1C. The highest BCUT2D eigenvalue weighted by atomic mass is 32.2. The number of rotatable bonds is 5. The number of hydrogen-bond donors (Lipinski definition) is 1. The molecule has 0 amide bonds. The van der Waals surface area contributed by atoms with Crippen LogP contribution in [0.15, 0.2) is 23.1 Å². The molecule has 0 aliphatic carbocycles. The molecule has 23 heavy (non-hydrogen) atoms. The number of benzene rings is 1. The number of sulfonamides is 1. The Morgan fingerprint density at radius 3 is 2.52 bits per heavy atom. The zero-order valence-electron chi connectivity index (χ0n) is 12.9. The van der Waals surface area contributed by atoms with Crippen LogP contribution in [0.4, 0.5) is 0 Å². The van der Waals surface area contributed by atoms with Gasteiger partial charge in [-0.15, -0.1) is 0 Å². The van der Waals surface area contributed by atoms with Crippen LogP contribution in [0.3, 0.4) is 0 Å². The summed E-state index contributed by atoms with van der Waals surface area (Å²) in [6, 6.07) is 3.30. The van der Waals surface area contributed by atoms with Gasteiger partial charge >= 0.3 is 5.97 Å². The van der Waals surface area contributed by atoms with Crippen molar-refractivity contribution < 1.29 is 26.7 Å². The van der Waals surface area contributed by atoms with Crippen molar-refractivity contribution in [3.05, 3.63) is 29.3 Å². The number of sulfone groups is 1. The molecule has 1 heterocycles. The molecule has 0 aromatic heterocycles. The minimum Gasteiger partial charge on any atom is -0.478 e. The number of aromatic carboxylic acids is 1. The third-order valence-corrected chi connectivity index (χ3v) is 7.87. The van der Waals surface area contributed by atoms with E-state index in [2.05, 4.69) is 0 Å². The number of carboxylic acid groups (broad SMARTS) is 1. The van der Waals surface area contributed by atoms with Crippen LogP contribution in [0.5, 0.6) is 0 Å². The minimum atomic E-state index is -3.97. The minimum absolute atomic E-state index is 0.0299. The quantitative estimate of drug-likeness (QED) is 0.834. The summed E-state index contributed by atoms with van der Waals surface area (Å²) >= 11 is 0. The summed E-state index contributed by atoms with van der Waals surface area (Å²) in [6.45, 7) is 3.34. The number of carboxylic acids is 1. The summed E-state index contributed by atoms with van der Waals surface area (Å²) in [5.74, 6) is -1.44. The lowest BCUT2D eigenvalue weighted by Gasteiger charge is -2.26. The van der Waals surface area contributed by atoms with Crippen molar-refractivity contribution in [1.82, 2.24) is 4.31 Å². The summed E-state index contributed by atoms with van der Waals surface area (Å²) in [5.41, 5.74) is 0.304. The van der Waals surface area contributed by atoms with Crippen LogP contribution < -0.4 is 0 Å². The van der Waals surface area contributed by atoms with Gasteiger partial charge in [-0.25, -0.2) is 21.6 Å². The first kappa shape index (κ1) is 17.9. The molecule has 0 radical (unpaired) electrons. The van der Waals surface area contributed by atoms with Gasteiger partial charge in [-0.3, -0.25) is 0 Å². The zero-order chi connectivity index (χ0) is 17.4. The van der Waals surface area contributed by atoms with Gasteiger partial charge < -0.3 is 5.11 Å². The summed E-state index contributed by atoms with van der Waals surface area (Å²) in [4.78, 5) is 11.0. The fraction of sp³-hybridized carbons (Fsp3) is 0.500. The molecule has 1 aliphatic rings. The van der Waals surface area contributed by atoms with Gasteiger partial charge in [0.2, 0.25) is 10.0 Å². The normalized spacial score (nSPS) is 20.7. The molecule has 1 fully saturated rings. The molecule has 1 N–H and O–H groups in total. The van der Waals surface area contributed by atoms with E-state index in [4.69, 9.17) is 5.11 Å². The average molecular weight is 361 g/mol. The maximum atomic E-state index is 12.9. The van der Waals surface area contributed by atoms with Crippen LogP contribution in [0.2, 0.25) is 0 Å². The lowest BCUT2D eigenvalue weighted by atomic mass is 10.1. The Kier molecular flexibility index (Phi) is 4.84. The van der Waals surface area contributed by atoms with E-state index in [0.717, 1.165) is 10.4 Å². The van der Waals surface area contributed by atoms with Crippen LogP contribution in [-0.2, 0) is 19.9 Å². The van der Waals surface area contributed by atoms with Crippen molar-refractivity contribution in [1.29, 1.82) is 0 Å². The highest BCUT2D eigenvalue weighted by molar-refractivity contribution is 7.92. The number of hydrogen-bond acceptors (Lipinski definition) is 5. The first-order chi connectivity index (χ1) is 10.6. The van der Waals surface area contributed by atoms with Gasteiger partial charge in [-0.05, 0) is 31.0 Å². The third kappa shape index (κ3) is 3.56. The molecule has 9 heteroatoms. The predicted molar refractivity (Wildman–Crippen MR) is 84.8 cm³/mol. The maximum Gasteiger partial charge on any atom is 0.335 e. The lowest BCUT2D eigenvalue weighted by Crippen LogP contribution is -2.41. The fourth-order valence-corrected chi connectivity index (χ4v) is 6.51. The second-order valence-electron chi connectivity index (χ2n) is 5.55. The van der Waals surface area contributed by atoms with E-state index in [0.29, 0.717) is 5.56 Å². The number of carbonyl (C=O) groups is 1. The highest BCUT2D eigenvalue weighted by Crippen LogP contribution is 2.27. The van der Waals surface area contributed by atoms with E-state index in [-0.39, 0.29) is 34.9 Å². The van der Waals surface area contributed by atoms with E-state index in [1.807, 2.05) is 0 Å². The molecular weight excluding hydrogens is 342 g/mol. The molecule has 0 bridgehead atoms. The molecule has 1 saturated heterocycles. The Balaban J connectivity index is 2.48. The van der Waals surface area contributed by atoms with Crippen molar-refractivity contribution in [2.75, 3.05) is 18.1 Å². The van der Waals surface area contributed by atoms with Crippen molar-refractivity contribution in [2.24, 2.45) is 0 Å². The number of nitrogens with zero attached hydrogens (tertiary/aromatic N) is 1. The Bertz CT molecular complexity index is 829. The Labute approximate surface area is 135 Å². The van der Waals surface area contributed by atoms with Crippen LogP contribution in [-0.4, -0.2) is 56.3 Å². The van der Waals surface area contributed by atoms with Gasteiger partial charge in [0.1, 0.15) is 0 Å². The lowest BCUT2D eigenvalue weighted by molar-refractivity contribution is 0.0696. The van der Waals surface area contributed by atoms with Gasteiger partial charge in [0.25, 0.3) is 0 Å². The molecule has 7 nitrogen and oxygen atoms in total. The first-order valence-corrected chi connectivity index (χ1v) is 10.4.